The molecule has 1 aliphatic rings. The lowest BCUT2D eigenvalue weighted by Gasteiger charge is -2.37. The van der Waals surface area contributed by atoms with Gasteiger partial charge in [-0.25, -0.2) is 4.39 Å². The molecule has 1 aromatic carbocycles. The van der Waals surface area contributed by atoms with E-state index in [1.807, 2.05) is 0 Å². The van der Waals surface area contributed by atoms with Crippen molar-refractivity contribution in [1.82, 2.24) is 0 Å². The van der Waals surface area contributed by atoms with Crippen LogP contribution >= 0.6 is 0 Å². The van der Waals surface area contributed by atoms with Crippen LogP contribution in [0.15, 0.2) is 24.3 Å². The van der Waals surface area contributed by atoms with Gasteiger partial charge in [0, 0.05) is 0 Å². The first-order valence-electron chi connectivity index (χ1n) is 6.98. The van der Waals surface area contributed by atoms with Gasteiger partial charge in [-0.3, -0.25) is 0 Å². The van der Waals surface area contributed by atoms with Crippen molar-refractivity contribution in [3.05, 3.63) is 30.1 Å². The van der Waals surface area contributed by atoms with Crippen molar-refractivity contribution in [1.29, 1.82) is 0 Å². The third-order valence-electron chi connectivity index (χ3n) is 4.06. The zero-order valence-corrected chi connectivity index (χ0v) is 11.5. The Kier molecular flexibility index (Phi) is 4.26. The van der Waals surface area contributed by atoms with Gasteiger partial charge in [-0.2, -0.15) is 0 Å². The van der Waals surface area contributed by atoms with Crippen LogP contribution in [0.3, 0.4) is 0 Å². The Labute approximate surface area is 109 Å². The fourth-order valence-corrected chi connectivity index (χ4v) is 2.94. The molecule has 0 bridgehead atoms. The van der Waals surface area contributed by atoms with E-state index < -0.39 is 0 Å². The number of benzene rings is 1. The van der Waals surface area contributed by atoms with E-state index in [-0.39, 0.29) is 11.9 Å². The van der Waals surface area contributed by atoms with E-state index in [9.17, 15) is 4.39 Å². The highest BCUT2D eigenvalue weighted by molar-refractivity contribution is 5.22. The minimum Gasteiger partial charge on any atom is -0.490 e. The van der Waals surface area contributed by atoms with Gasteiger partial charge in [0.2, 0.25) is 0 Å². The lowest BCUT2D eigenvalue weighted by atomic mass is 9.75. The Bertz CT molecular complexity index is 371. The standard InChI is InChI=1S/C16H23FO/c1-11(2)15-9-4-12(3)10-16(15)18-14-7-5-13(17)6-8-14/h5-8,11-12,15-16H,4,9-10H2,1-3H3/t12-,15+,16-/m1/s1. The topological polar surface area (TPSA) is 9.23 Å². The molecule has 0 aromatic heterocycles. The number of halogens is 1. The highest BCUT2D eigenvalue weighted by Gasteiger charge is 2.32. The van der Waals surface area contributed by atoms with Crippen molar-refractivity contribution >= 4 is 0 Å². The average molecular weight is 250 g/mol. The molecule has 0 saturated heterocycles. The Morgan fingerprint density at radius 3 is 2.44 bits per heavy atom. The minimum absolute atomic E-state index is 0.209. The normalized spacial score (nSPS) is 28.4. The van der Waals surface area contributed by atoms with Crippen LogP contribution in [0.1, 0.15) is 40.0 Å². The van der Waals surface area contributed by atoms with Gasteiger partial charge >= 0.3 is 0 Å². The Morgan fingerprint density at radius 2 is 1.83 bits per heavy atom. The Hall–Kier alpha value is -1.05. The minimum atomic E-state index is -0.209. The summed E-state index contributed by atoms with van der Waals surface area (Å²) in [4.78, 5) is 0. The SMILES string of the molecule is CC(C)[C@@H]1CC[C@@H](C)C[C@H]1Oc1ccc(F)cc1. The predicted molar refractivity (Wildman–Crippen MR) is 72.2 cm³/mol. The van der Waals surface area contributed by atoms with Crippen LogP contribution in [-0.2, 0) is 0 Å². The van der Waals surface area contributed by atoms with Crippen molar-refractivity contribution < 1.29 is 9.13 Å². The number of ether oxygens (including phenoxy) is 1. The summed E-state index contributed by atoms with van der Waals surface area (Å²) in [5.41, 5.74) is 0. The van der Waals surface area contributed by atoms with E-state index in [0.717, 1.165) is 18.1 Å². The lowest BCUT2D eigenvalue weighted by molar-refractivity contribution is 0.0460. The molecule has 1 aromatic rings. The Balaban J connectivity index is 2.06. The van der Waals surface area contributed by atoms with Crippen LogP contribution in [0.5, 0.6) is 5.75 Å². The fourth-order valence-electron chi connectivity index (χ4n) is 2.94. The summed E-state index contributed by atoms with van der Waals surface area (Å²) >= 11 is 0. The molecule has 1 fully saturated rings. The molecule has 0 radical (unpaired) electrons. The van der Waals surface area contributed by atoms with Crippen molar-refractivity contribution in [2.24, 2.45) is 17.8 Å². The van der Waals surface area contributed by atoms with Gasteiger partial charge in [-0.1, -0.05) is 27.2 Å². The quantitative estimate of drug-likeness (QED) is 0.757. The molecule has 0 spiro atoms. The van der Waals surface area contributed by atoms with Gasteiger partial charge in [-0.05, 0) is 54.9 Å². The maximum atomic E-state index is 12.9. The van der Waals surface area contributed by atoms with Gasteiger partial charge < -0.3 is 4.74 Å². The second-order valence-corrected chi connectivity index (χ2v) is 5.94. The zero-order chi connectivity index (χ0) is 13.1. The molecule has 0 amide bonds. The van der Waals surface area contributed by atoms with E-state index in [2.05, 4.69) is 20.8 Å². The van der Waals surface area contributed by atoms with Gasteiger partial charge in [0.25, 0.3) is 0 Å². The summed E-state index contributed by atoms with van der Waals surface area (Å²) in [6, 6.07) is 6.38. The summed E-state index contributed by atoms with van der Waals surface area (Å²) < 4.78 is 19.0. The summed E-state index contributed by atoms with van der Waals surface area (Å²) in [6.07, 6.45) is 3.93. The summed E-state index contributed by atoms with van der Waals surface area (Å²) in [5, 5.41) is 0. The molecule has 0 N–H and O–H groups in total. The molecule has 2 rings (SSSR count). The maximum absolute atomic E-state index is 12.9. The van der Waals surface area contributed by atoms with Crippen molar-refractivity contribution in [2.45, 2.75) is 46.1 Å². The van der Waals surface area contributed by atoms with Gasteiger partial charge in [0.1, 0.15) is 17.7 Å². The van der Waals surface area contributed by atoms with Gasteiger partial charge in [0.05, 0.1) is 0 Å². The van der Waals surface area contributed by atoms with E-state index in [0.29, 0.717) is 11.8 Å². The maximum Gasteiger partial charge on any atom is 0.123 e. The molecule has 0 heterocycles. The molecule has 3 atom stereocenters. The second-order valence-electron chi connectivity index (χ2n) is 5.94. The molecule has 1 nitrogen and oxygen atoms in total. The smallest absolute Gasteiger partial charge is 0.123 e. The molecule has 1 saturated carbocycles. The first kappa shape index (κ1) is 13.4. The van der Waals surface area contributed by atoms with E-state index in [1.165, 1.54) is 25.0 Å². The van der Waals surface area contributed by atoms with E-state index in [4.69, 9.17) is 4.74 Å². The molecule has 100 valence electrons. The first-order chi connectivity index (χ1) is 8.56. The molecular weight excluding hydrogens is 227 g/mol. The molecule has 2 heteroatoms. The van der Waals surface area contributed by atoms with Crippen molar-refractivity contribution in [2.75, 3.05) is 0 Å². The highest BCUT2D eigenvalue weighted by atomic mass is 19.1. The van der Waals surface area contributed by atoms with Gasteiger partial charge in [0.15, 0.2) is 0 Å². The van der Waals surface area contributed by atoms with Crippen LogP contribution in [-0.4, -0.2) is 6.10 Å². The number of hydrogen-bond acceptors (Lipinski definition) is 1. The highest BCUT2D eigenvalue weighted by Crippen LogP contribution is 2.35. The summed E-state index contributed by atoms with van der Waals surface area (Å²) in [5.74, 6) is 2.57. The number of hydrogen-bond donors (Lipinski definition) is 0. The largest absolute Gasteiger partial charge is 0.490 e. The number of rotatable bonds is 3. The zero-order valence-electron chi connectivity index (χ0n) is 11.5. The average Bonchev–Trinajstić information content (AvgIpc) is 2.32. The molecular formula is C16H23FO. The summed E-state index contributed by atoms with van der Waals surface area (Å²) in [6.45, 7) is 6.82. The predicted octanol–water partition coefficient (Wildman–Crippen LogP) is 4.67. The fraction of sp³-hybridized carbons (Fsp3) is 0.625. The van der Waals surface area contributed by atoms with Crippen molar-refractivity contribution in [3.63, 3.8) is 0 Å². The van der Waals surface area contributed by atoms with Gasteiger partial charge in [-0.15, -0.1) is 0 Å². The molecule has 0 aliphatic heterocycles. The Morgan fingerprint density at radius 1 is 1.17 bits per heavy atom. The van der Waals surface area contributed by atoms with E-state index >= 15 is 0 Å². The second kappa shape index (κ2) is 5.73. The van der Waals surface area contributed by atoms with Crippen LogP contribution in [0.4, 0.5) is 4.39 Å². The van der Waals surface area contributed by atoms with Crippen LogP contribution in [0.25, 0.3) is 0 Å². The first-order valence-corrected chi connectivity index (χ1v) is 6.98. The summed E-state index contributed by atoms with van der Waals surface area (Å²) in [7, 11) is 0. The third-order valence-corrected chi connectivity index (χ3v) is 4.06. The lowest BCUT2D eigenvalue weighted by Crippen LogP contribution is -2.36. The van der Waals surface area contributed by atoms with Crippen LogP contribution in [0, 0.1) is 23.6 Å². The third kappa shape index (κ3) is 3.24. The molecule has 18 heavy (non-hydrogen) atoms. The van der Waals surface area contributed by atoms with E-state index in [1.54, 1.807) is 12.1 Å². The van der Waals surface area contributed by atoms with Crippen LogP contribution in [0.2, 0.25) is 0 Å². The molecule has 0 unspecified atom stereocenters. The monoisotopic (exact) mass is 250 g/mol. The molecule has 1 aliphatic carbocycles. The van der Waals surface area contributed by atoms with Crippen LogP contribution < -0.4 is 4.74 Å². The van der Waals surface area contributed by atoms with Crippen molar-refractivity contribution in [3.8, 4) is 5.75 Å².